The van der Waals surface area contributed by atoms with Crippen LogP contribution in [0.25, 0.3) is 11.1 Å². The first-order valence-corrected chi connectivity index (χ1v) is 6.24. The number of hydrogen-bond acceptors (Lipinski definition) is 2. The number of rotatable bonds is 2. The summed E-state index contributed by atoms with van der Waals surface area (Å²) in [5.41, 5.74) is 6.10. The van der Waals surface area contributed by atoms with Crippen LogP contribution in [0.15, 0.2) is 66.9 Å². The average Bonchev–Trinajstić information content (AvgIpc) is 2.48. The van der Waals surface area contributed by atoms with E-state index < -0.39 is 0 Å². The Morgan fingerprint density at radius 2 is 1.58 bits per heavy atom. The summed E-state index contributed by atoms with van der Waals surface area (Å²) >= 11 is 0. The van der Waals surface area contributed by atoms with E-state index in [1.807, 2.05) is 42.6 Å². The number of nitrogens with zero attached hydrogens (tertiary/aromatic N) is 1. The zero-order valence-electron chi connectivity index (χ0n) is 10.4. The average molecular weight is 250 g/mol. The van der Waals surface area contributed by atoms with Crippen LogP contribution in [-0.2, 0) is 4.79 Å². The highest BCUT2D eigenvalue weighted by Crippen LogP contribution is 2.23. The fraction of sp³-hybridized carbons (Fsp3) is 0.0625. The minimum atomic E-state index is 0.00892. The second kappa shape index (κ2) is 4.98. The summed E-state index contributed by atoms with van der Waals surface area (Å²) in [5.74, 6) is 0.00892. The van der Waals surface area contributed by atoms with Gasteiger partial charge in [-0.3, -0.25) is 15.2 Å². The van der Waals surface area contributed by atoms with Crippen molar-refractivity contribution >= 4 is 11.6 Å². The maximum Gasteiger partial charge on any atom is 0.242 e. The lowest BCUT2D eigenvalue weighted by molar-refractivity contribution is -0.120. The third-order valence-electron chi connectivity index (χ3n) is 3.06. The summed E-state index contributed by atoms with van der Waals surface area (Å²) in [4.78, 5) is 11.3. The summed E-state index contributed by atoms with van der Waals surface area (Å²) in [7, 11) is 0. The fourth-order valence-corrected chi connectivity index (χ4v) is 2.08. The van der Waals surface area contributed by atoms with Crippen LogP contribution in [0.1, 0.15) is 6.42 Å². The van der Waals surface area contributed by atoms with Crippen LogP contribution in [0.3, 0.4) is 0 Å². The molecule has 1 amide bonds. The Bertz CT molecular complexity index is 602. The molecule has 3 rings (SSSR count). The van der Waals surface area contributed by atoms with E-state index in [2.05, 4.69) is 29.7 Å². The van der Waals surface area contributed by atoms with E-state index in [1.54, 1.807) is 5.01 Å². The Balaban J connectivity index is 1.85. The van der Waals surface area contributed by atoms with Crippen LogP contribution in [-0.4, -0.2) is 5.91 Å². The lowest BCUT2D eigenvalue weighted by atomic mass is 10.1. The molecule has 3 heteroatoms. The van der Waals surface area contributed by atoms with Gasteiger partial charge in [0.25, 0.3) is 0 Å². The summed E-state index contributed by atoms with van der Waals surface area (Å²) in [5, 5.41) is 1.74. The number of carbonyl (C=O) groups is 1. The number of amides is 1. The second-order valence-corrected chi connectivity index (χ2v) is 4.41. The van der Waals surface area contributed by atoms with Crippen LogP contribution in [0, 0.1) is 0 Å². The van der Waals surface area contributed by atoms with Gasteiger partial charge < -0.3 is 0 Å². The van der Waals surface area contributed by atoms with Crippen LogP contribution in [0.5, 0.6) is 0 Å². The van der Waals surface area contributed by atoms with Gasteiger partial charge in [-0.15, -0.1) is 0 Å². The van der Waals surface area contributed by atoms with Gasteiger partial charge in [-0.2, -0.15) is 0 Å². The molecule has 0 saturated carbocycles. The molecule has 0 atom stereocenters. The Morgan fingerprint density at radius 3 is 2.26 bits per heavy atom. The van der Waals surface area contributed by atoms with Gasteiger partial charge in [-0.1, -0.05) is 48.5 Å². The van der Waals surface area contributed by atoms with Crippen molar-refractivity contribution in [2.24, 2.45) is 0 Å². The lowest BCUT2D eigenvalue weighted by Gasteiger charge is -2.24. The van der Waals surface area contributed by atoms with E-state index in [1.165, 1.54) is 5.56 Å². The summed E-state index contributed by atoms with van der Waals surface area (Å²) in [6, 6.07) is 18.3. The molecule has 0 aromatic heterocycles. The third kappa shape index (κ3) is 2.50. The molecule has 19 heavy (non-hydrogen) atoms. The van der Waals surface area contributed by atoms with Crippen molar-refractivity contribution in [1.82, 2.24) is 5.43 Å². The zero-order chi connectivity index (χ0) is 13.1. The van der Waals surface area contributed by atoms with Crippen molar-refractivity contribution in [2.45, 2.75) is 6.42 Å². The van der Waals surface area contributed by atoms with Crippen LogP contribution < -0.4 is 10.4 Å². The van der Waals surface area contributed by atoms with Crippen molar-refractivity contribution in [3.8, 4) is 11.1 Å². The van der Waals surface area contributed by atoms with Crippen molar-refractivity contribution in [2.75, 3.05) is 5.01 Å². The van der Waals surface area contributed by atoms with Crippen molar-refractivity contribution in [3.63, 3.8) is 0 Å². The van der Waals surface area contributed by atoms with Crippen LogP contribution in [0.4, 0.5) is 5.69 Å². The minimum absolute atomic E-state index is 0.00892. The van der Waals surface area contributed by atoms with Gasteiger partial charge in [0.15, 0.2) is 0 Å². The maximum atomic E-state index is 11.3. The van der Waals surface area contributed by atoms with Crippen LogP contribution >= 0.6 is 0 Å². The van der Waals surface area contributed by atoms with E-state index in [4.69, 9.17) is 0 Å². The largest absolute Gasteiger partial charge is 0.273 e. The quantitative estimate of drug-likeness (QED) is 0.888. The molecule has 3 nitrogen and oxygen atoms in total. The highest BCUT2D eigenvalue weighted by Gasteiger charge is 2.11. The molecule has 0 unspecified atom stereocenters. The summed E-state index contributed by atoms with van der Waals surface area (Å²) < 4.78 is 0. The van der Waals surface area contributed by atoms with E-state index in [0.717, 1.165) is 11.3 Å². The fourth-order valence-electron chi connectivity index (χ4n) is 2.08. The first kappa shape index (κ1) is 11.5. The molecule has 2 aromatic carbocycles. The molecule has 94 valence electrons. The summed E-state index contributed by atoms with van der Waals surface area (Å²) in [6.45, 7) is 0. The van der Waals surface area contributed by atoms with Gasteiger partial charge in [0.1, 0.15) is 0 Å². The molecule has 1 N–H and O–H groups in total. The molecule has 0 aliphatic carbocycles. The van der Waals surface area contributed by atoms with E-state index in [0.29, 0.717) is 6.42 Å². The molecular formula is C16H14N2O. The van der Waals surface area contributed by atoms with Gasteiger partial charge in [-0.05, 0) is 23.3 Å². The normalized spacial score (nSPS) is 14.3. The van der Waals surface area contributed by atoms with E-state index in [-0.39, 0.29) is 5.91 Å². The molecule has 1 aliphatic rings. The molecule has 0 saturated heterocycles. The Labute approximate surface area is 112 Å². The Hall–Kier alpha value is -2.55. The summed E-state index contributed by atoms with van der Waals surface area (Å²) in [6.07, 6.45) is 4.17. The molecule has 1 heterocycles. The first-order valence-electron chi connectivity index (χ1n) is 6.24. The van der Waals surface area contributed by atoms with Gasteiger partial charge in [0.05, 0.1) is 5.69 Å². The second-order valence-electron chi connectivity index (χ2n) is 4.41. The number of benzene rings is 2. The number of anilines is 1. The van der Waals surface area contributed by atoms with Crippen molar-refractivity contribution in [3.05, 3.63) is 66.9 Å². The van der Waals surface area contributed by atoms with Crippen molar-refractivity contribution < 1.29 is 4.79 Å². The predicted octanol–water partition coefficient (Wildman–Crippen LogP) is 3.11. The molecular weight excluding hydrogens is 236 g/mol. The van der Waals surface area contributed by atoms with Gasteiger partial charge >= 0.3 is 0 Å². The maximum absolute atomic E-state index is 11.3. The number of hydrazine groups is 1. The minimum Gasteiger partial charge on any atom is -0.273 e. The molecule has 0 spiro atoms. The van der Waals surface area contributed by atoms with Gasteiger partial charge in [-0.25, -0.2) is 0 Å². The standard InChI is InChI=1S/C16H14N2O/c19-16-7-4-12-18(17-16)15-10-8-14(9-11-15)13-5-2-1-3-6-13/h1-6,8-12H,7H2,(H,17,19). The SMILES string of the molecule is O=C1CC=CN(c2ccc(-c3ccccc3)cc2)N1. The predicted molar refractivity (Wildman–Crippen MR) is 76.3 cm³/mol. The molecule has 2 aromatic rings. The zero-order valence-corrected chi connectivity index (χ0v) is 10.4. The molecule has 0 fully saturated rings. The highest BCUT2D eigenvalue weighted by molar-refractivity contribution is 5.81. The Morgan fingerprint density at radius 1 is 0.895 bits per heavy atom. The van der Waals surface area contributed by atoms with E-state index in [9.17, 15) is 4.79 Å². The lowest BCUT2D eigenvalue weighted by Crippen LogP contribution is -2.40. The van der Waals surface area contributed by atoms with Gasteiger partial charge in [0, 0.05) is 12.6 Å². The van der Waals surface area contributed by atoms with Crippen LogP contribution in [0.2, 0.25) is 0 Å². The smallest absolute Gasteiger partial charge is 0.242 e. The molecule has 1 aliphatic heterocycles. The Kier molecular flexibility index (Phi) is 3.02. The number of carbonyl (C=O) groups excluding carboxylic acids is 1. The highest BCUT2D eigenvalue weighted by atomic mass is 16.2. The van der Waals surface area contributed by atoms with Gasteiger partial charge in [0.2, 0.25) is 5.91 Å². The number of nitrogens with one attached hydrogen (secondary N) is 1. The topological polar surface area (TPSA) is 32.3 Å². The molecule has 0 bridgehead atoms. The van der Waals surface area contributed by atoms with E-state index >= 15 is 0 Å². The number of hydrogen-bond donors (Lipinski definition) is 1. The van der Waals surface area contributed by atoms with Crippen molar-refractivity contribution in [1.29, 1.82) is 0 Å². The molecule has 0 radical (unpaired) electrons. The first-order chi connectivity index (χ1) is 9.33. The monoisotopic (exact) mass is 250 g/mol. The third-order valence-corrected chi connectivity index (χ3v) is 3.06.